The van der Waals surface area contributed by atoms with Crippen LogP contribution in [0.1, 0.15) is 44.4 Å². The zero-order valence-electron chi connectivity index (χ0n) is 12.7. The van der Waals surface area contributed by atoms with E-state index >= 15 is 0 Å². The van der Waals surface area contributed by atoms with Crippen molar-refractivity contribution < 1.29 is 0 Å². The lowest BCUT2D eigenvalue weighted by molar-refractivity contribution is 0.457. The predicted octanol–water partition coefficient (Wildman–Crippen LogP) is 4.08. The molecule has 1 aromatic carbocycles. The lowest BCUT2D eigenvalue weighted by atomic mass is 10.0. The van der Waals surface area contributed by atoms with Gasteiger partial charge in [-0.3, -0.25) is 0 Å². The van der Waals surface area contributed by atoms with E-state index in [2.05, 4.69) is 65.1 Å². The van der Waals surface area contributed by atoms with Gasteiger partial charge in [-0.25, -0.2) is 0 Å². The van der Waals surface area contributed by atoms with Gasteiger partial charge in [0.1, 0.15) is 0 Å². The number of hydrogen-bond acceptors (Lipinski definition) is 1. The summed E-state index contributed by atoms with van der Waals surface area (Å²) in [5, 5.41) is 3.66. The fourth-order valence-corrected chi connectivity index (χ4v) is 3.31. The lowest BCUT2D eigenvalue weighted by Gasteiger charge is -2.11. The average molecular weight is 245 g/mol. The van der Waals surface area contributed by atoms with E-state index in [1.165, 1.54) is 16.7 Å². The van der Waals surface area contributed by atoms with Crippen LogP contribution in [-0.4, -0.2) is 6.54 Å². The Labute approximate surface area is 112 Å². The molecule has 0 heterocycles. The van der Waals surface area contributed by atoms with Gasteiger partial charge in [-0.1, -0.05) is 45.9 Å². The Morgan fingerprint density at radius 1 is 1.00 bits per heavy atom. The fraction of sp³-hybridized carbons (Fsp3) is 0.647. The summed E-state index contributed by atoms with van der Waals surface area (Å²) in [6, 6.07) is 6.55. The molecule has 0 saturated heterocycles. The minimum Gasteiger partial charge on any atom is -0.312 e. The Bertz CT molecular complexity index is 409. The van der Waals surface area contributed by atoms with Crippen LogP contribution in [0.2, 0.25) is 0 Å². The van der Waals surface area contributed by atoms with Crippen LogP contribution < -0.4 is 5.32 Å². The smallest absolute Gasteiger partial charge is 0.0210 e. The maximum atomic E-state index is 3.66. The first kappa shape index (κ1) is 13.6. The molecule has 100 valence electrons. The molecule has 0 bridgehead atoms. The van der Waals surface area contributed by atoms with Crippen LogP contribution in [-0.2, 0) is 6.54 Å². The van der Waals surface area contributed by atoms with Gasteiger partial charge >= 0.3 is 0 Å². The normalized spacial score (nSPS) is 21.0. The van der Waals surface area contributed by atoms with Crippen molar-refractivity contribution in [3.05, 3.63) is 34.9 Å². The monoisotopic (exact) mass is 245 g/mol. The second kappa shape index (κ2) is 4.38. The number of benzene rings is 1. The molecule has 1 aromatic rings. The highest BCUT2D eigenvalue weighted by Crippen LogP contribution is 2.67. The van der Waals surface area contributed by atoms with E-state index in [1.54, 1.807) is 0 Å². The Morgan fingerprint density at radius 2 is 1.50 bits per heavy atom. The molecular weight excluding hydrogens is 218 g/mol. The van der Waals surface area contributed by atoms with Gasteiger partial charge in [0.05, 0.1) is 0 Å². The largest absolute Gasteiger partial charge is 0.312 e. The quantitative estimate of drug-likeness (QED) is 0.843. The van der Waals surface area contributed by atoms with Gasteiger partial charge in [0.15, 0.2) is 0 Å². The van der Waals surface area contributed by atoms with Gasteiger partial charge in [-0.2, -0.15) is 0 Å². The van der Waals surface area contributed by atoms with Crippen LogP contribution in [0.5, 0.6) is 0 Å². The molecule has 1 aliphatic rings. The first-order valence-electron chi connectivity index (χ1n) is 7.04. The standard InChI is InChI=1S/C17H27N/c1-12-8-7-9-13(2)14(12)10-18-11-15-16(3,4)17(15,5)6/h7-9,15,18H,10-11H2,1-6H3. The molecule has 1 heteroatoms. The van der Waals surface area contributed by atoms with Crippen molar-refractivity contribution in [3.8, 4) is 0 Å². The molecule has 0 aromatic heterocycles. The second-order valence-electron chi connectivity index (χ2n) is 7.00. The lowest BCUT2D eigenvalue weighted by Crippen LogP contribution is -2.20. The summed E-state index contributed by atoms with van der Waals surface area (Å²) < 4.78 is 0. The van der Waals surface area contributed by atoms with Crippen molar-refractivity contribution in [2.75, 3.05) is 6.54 Å². The minimum absolute atomic E-state index is 0.487. The van der Waals surface area contributed by atoms with E-state index < -0.39 is 0 Å². The minimum atomic E-state index is 0.487. The zero-order valence-corrected chi connectivity index (χ0v) is 12.7. The van der Waals surface area contributed by atoms with Gasteiger partial charge in [0, 0.05) is 6.54 Å². The van der Waals surface area contributed by atoms with Gasteiger partial charge < -0.3 is 5.32 Å². The molecule has 1 aliphatic carbocycles. The third-order valence-electron chi connectivity index (χ3n) is 5.61. The van der Waals surface area contributed by atoms with E-state index in [4.69, 9.17) is 0 Å². The fourth-order valence-electron chi connectivity index (χ4n) is 3.31. The van der Waals surface area contributed by atoms with Crippen LogP contribution in [0.25, 0.3) is 0 Å². The van der Waals surface area contributed by atoms with Gasteiger partial charge in [0.2, 0.25) is 0 Å². The molecule has 0 aliphatic heterocycles. The Hall–Kier alpha value is -0.820. The van der Waals surface area contributed by atoms with Crippen LogP contribution in [0.15, 0.2) is 18.2 Å². The Morgan fingerprint density at radius 3 is 1.94 bits per heavy atom. The summed E-state index contributed by atoms with van der Waals surface area (Å²) in [5.74, 6) is 0.800. The predicted molar refractivity (Wildman–Crippen MR) is 78.7 cm³/mol. The van der Waals surface area contributed by atoms with E-state index in [9.17, 15) is 0 Å². The molecular formula is C17H27N. The SMILES string of the molecule is Cc1cccc(C)c1CNCC1C(C)(C)C1(C)C. The van der Waals surface area contributed by atoms with Crippen molar-refractivity contribution >= 4 is 0 Å². The first-order valence-corrected chi connectivity index (χ1v) is 7.04. The molecule has 0 atom stereocenters. The maximum absolute atomic E-state index is 3.66. The molecule has 1 N–H and O–H groups in total. The number of rotatable bonds is 4. The third kappa shape index (κ3) is 2.09. The molecule has 1 nitrogen and oxygen atoms in total. The van der Waals surface area contributed by atoms with Crippen molar-refractivity contribution in [2.45, 2.75) is 48.1 Å². The molecule has 0 unspecified atom stereocenters. The van der Waals surface area contributed by atoms with Crippen molar-refractivity contribution in [3.63, 3.8) is 0 Å². The van der Waals surface area contributed by atoms with Crippen LogP contribution in [0, 0.1) is 30.6 Å². The van der Waals surface area contributed by atoms with Crippen molar-refractivity contribution in [1.29, 1.82) is 0 Å². The number of hydrogen-bond donors (Lipinski definition) is 1. The molecule has 1 saturated carbocycles. The molecule has 0 spiro atoms. The van der Waals surface area contributed by atoms with E-state index in [1.807, 2.05) is 0 Å². The van der Waals surface area contributed by atoms with Gasteiger partial charge in [0.25, 0.3) is 0 Å². The molecule has 0 amide bonds. The number of nitrogens with one attached hydrogen (secondary N) is 1. The average Bonchev–Trinajstić information content (AvgIpc) is 2.64. The summed E-state index contributed by atoms with van der Waals surface area (Å²) in [6.45, 7) is 16.1. The van der Waals surface area contributed by atoms with Crippen LogP contribution in [0.4, 0.5) is 0 Å². The Kier molecular flexibility index (Phi) is 3.31. The summed E-state index contributed by atoms with van der Waals surface area (Å²) in [6.07, 6.45) is 0. The second-order valence-corrected chi connectivity index (χ2v) is 7.00. The highest BCUT2D eigenvalue weighted by molar-refractivity contribution is 5.33. The van der Waals surface area contributed by atoms with Gasteiger partial charge in [-0.05, 0) is 53.8 Å². The van der Waals surface area contributed by atoms with E-state index in [0.717, 1.165) is 19.0 Å². The molecule has 2 rings (SSSR count). The van der Waals surface area contributed by atoms with Crippen LogP contribution in [0.3, 0.4) is 0 Å². The van der Waals surface area contributed by atoms with E-state index in [-0.39, 0.29) is 0 Å². The summed E-state index contributed by atoms with van der Waals surface area (Å²) >= 11 is 0. The van der Waals surface area contributed by atoms with Gasteiger partial charge in [-0.15, -0.1) is 0 Å². The topological polar surface area (TPSA) is 12.0 Å². The molecule has 0 radical (unpaired) electrons. The van der Waals surface area contributed by atoms with E-state index in [0.29, 0.717) is 10.8 Å². The van der Waals surface area contributed by atoms with Crippen molar-refractivity contribution in [2.24, 2.45) is 16.7 Å². The third-order valence-corrected chi connectivity index (χ3v) is 5.61. The zero-order chi connectivity index (χ0) is 13.6. The highest BCUT2D eigenvalue weighted by Gasteiger charge is 2.63. The van der Waals surface area contributed by atoms with Crippen LogP contribution >= 0.6 is 0 Å². The Balaban J connectivity index is 1.91. The maximum Gasteiger partial charge on any atom is 0.0210 e. The number of aryl methyl sites for hydroxylation is 2. The summed E-state index contributed by atoms with van der Waals surface area (Å²) in [4.78, 5) is 0. The molecule has 1 fully saturated rings. The van der Waals surface area contributed by atoms with Crippen molar-refractivity contribution in [1.82, 2.24) is 5.32 Å². The highest BCUT2D eigenvalue weighted by atomic mass is 14.9. The summed E-state index contributed by atoms with van der Waals surface area (Å²) in [7, 11) is 0. The first-order chi connectivity index (χ1) is 8.28. The molecule has 18 heavy (non-hydrogen) atoms. The summed E-state index contributed by atoms with van der Waals surface area (Å²) in [5.41, 5.74) is 5.24.